The zero-order valence-corrected chi connectivity index (χ0v) is 37.6. The van der Waals surface area contributed by atoms with E-state index in [0.717, 1.165) is 70.6 Å². The monoisotopic (exact) mass is 897 g/mol. The molecule has 0 aliphatic carbocycles. The second-order valence-corrected chi connectivity index (χ2v) is 16.8. The van der Waals surface area contributed by atoms with Crippen LogP contribution < -0.4 is 21.7 Å². The molecule has 0 saturated heterocycles. The van der Waals surface area contributed by atoms with Crippen LogP contribution in [0, 0.1) is 11.8 Å². The van der Waals surface area contributed by atoms with Gasteiger partial charge in [0.25, 0.3) is 0 Å². The number of carboxylic acid groups (broad SMARTS) is 4. The number of hydrogen-bond acceptors (Lipinski definition) is 11. The average molecular weight is 897 g/mol. The van der Waals surface area contributed by atoms with Gasteiger partial charge in [-0.1, -0.05) is 77.6 Å². The van der Waals surface area contributed by atoms with E-state index in [0.29, 0.717) is 45.1 Å². The number of rotatable bonds is 42. The lowest BCUT2D eigenvalue weighted by atomic mass is 9.94. The van der Waals surface area contributed by atoms with Gasteiger partial charge in [0.15, 0.2) is 0 Å². The quantitative estimate of drug-likeness (QED) is 0.0363. The SMILES string of the molecule is CC(=O)[C@@H](C)CCCCNC(=O)[C@@H](N)CCCCCC(=O)CC[C@H](NC(=O)CC[C@H](CC(=O)CC[C@H](NC(=O)CCCCCCCCCCCCC(=O)O)C(=O)O)C(=O)O)C(=O)O. The van der Waals surface area contributed by atoms with Gasteiger partial charge in [-0.3, -0.25) is 38.4 Å². The van der Waals surface area contributed by atoms with Crippen molar-refractivity contribution in [1.82, 2.24) is 16.0 Å². The fourth-order valence-corrected chi connectivity index (χ4v) is 6.87. The first kappa shape index (κ1) is 58.3. The van der Waals surface area contributed by atoms with Gasteiger partial charge >= 0.3 is 23.9 Å². The summed E-state index contributed by atoms with van der Waals surface area (Å²) in [7, 11) is 0. The molecule has 0 spiro atoms. The number of nitrogens with one attached hydrogen (secondary N) is 3. The lowest BCUT2D eigenvalue weighted by molar-refractivity contribution is -0.145. The summed E-state index contributed by atoms with van der Waals surface area (Å²) in [6.45, 7) is 3.91. The van der Waals surface area contributed by atoms with Gasteiger partial charge in [-0.05, 0) is 64.7 Å². The van der Waals surface area contributed by atoms with Crippen molar-refractivity contribution < 1.29 is 68.4 Å². The number of amides is 3. The number of hydrogen-bond donors (Lipinski definition) is 8. The Bertz CT molecular complexity index is 1450. The first-order valence-corrected chi connectivity index (χ1v) is 22.9. The van der Waals surface area contributed by atoms with E-state index in [2.05, 4.69) is 16.0 Å². The fraction of sp³-hybridized carbons (Fsp3) is 0.778. The molecular weight excluding hydrogens is 821 g/mol. The molecule has 63 heavy (non-hydrogen) atoms. The first-order valence-electron chi connectivity index (χ1n) is 22.9. The van der Waals surface area contributed by atoms with E-state index in [9.17, 15) is 63.3 Å². The van der Waals surface area contributed by atoms with Gasteiger partial charge in [0.1, 0.15) is 29.4 Å². The molecule has 0 rings (SSSR count). The number of carboxylic acids is 4. The van der Waals surface area contributed by atoms with Crippen LogP contribution in [0.4, 0.5) is 0 Å². The number of nitrogens with two attached hydrogens (primary N) is 1. The Morgan fingerprint density at radius 3 is 1.44 bits per heavy atom. The summed E-state index contributed by atoms with van der Waals surface area (Å²) in [5.41, 5.74) is 5.97. The Morgan fingerprint density at radius 1 is 0.476 bits per heavy atom. The molecule has 3 amide bonds. The summed E-state index contributed by atoms with van der Waals surface area (Å²) < 4.78 is 0. The van der Waals surface area contributed by atoms with Crippen LogP contribution in [0.15, 0.2) is 0 Å². The van der Waals surface area contributed by atoms with E-state index in [1.807, 2.05) is 6.92 Å². The zero-order valence-electron chi connectivity index (χ0n) is 37.6. The van der Waals surface area contributed by atoms with Crippen LogP contribution in [0.1, 0.15) is 187 Å². The highest BCUT2D eigenvalue weighted by molar-refractivity contribution is 5.88. The normalized spacial score (nSPS) is 13.4. The summed E-state index contributed by atoms with van der Waals surface area (Å²) in [5.74, 6) is -8.26. The molecule has 0 heterocycles. The van der Waals surface area contributed by atoms with Crippen molar-refractivity contribution in [2.24, 2.45) is 17.6 Å². The topological polar surface area (TPSA) is 314 Å². The van der Waals surface area contributed by atoms with Crippen LogP contribution in [0.25, 0.3) is 0 Å². The lowest BCUT2D eigenvalue weighted by Gasteiger charge is -2.17. The van der Waals surface area contributed by atoms with E-state index < -0.39 is 78.4 Å². The predicted octanol–water partition coefficient (Wildman–Crippen LogP) is 5.25. The minimum absolute atomic E-state index is 0.000321. The largest absolute Gasteiger partial charge is 0.481 e. The van der Waals surface area contributed by atoms with Crippen LogP contribution in [0.3, 0.4) is 0 Å². The van der Waals surface area contributed by atoms with Gasteiger partial charge in [-0.15, -0.1) is 0 Å². The van der Waals surface area contributed by atoms with Gasteiger partial charge in [-0.2, -0.15) is 0 Å². The Labute approximate surface area is 372 Å². The number of Topliss-reactive ketones (excluding diaryl/α,β-unsaturated/α-hetero) is 3. The Kier molecular flexibility index (Phi) is 33.0. The molecule has 18 heteroatoms. The molecule has 9 N–H and O–H groups in total. The van der Waals surface area contributed by atoms with Crippen molar-refractivity contribution in [2.45, 2.75) is 205 Å². The van der Waals surface area contributed by atoms with Crippen molar-refractivity contribution in [3.63, 3.8) is 0 Å². The minimum atomic E-state index is -1.39. The standard InChI is InChI=1S/C45H76N4O14/c1-31(32(2)50)18-16-17-29-47-42(57)36(46)20-13-11-12-19-34(51)24-26-37(44(60)61)49-40(54)28-23-33(43(58)59)30-35(52)25-27-38(45(62)63)48-39(53)21-14-9-7-5-3-4-6-8-10-15-22-41(55)56/h31,33,36-38H,3-30,46H2,1-2H3,(H,47,57)(H,48,53)(H,49,54)(H,55,56)(H,58,59)(H,60,61)(H,62,63)/t31-,33+,36-,37-,38-/m0/s1. The second-order valence-electron chi connectivity index (χ2n) is 16.8. The molecule has 18 nitrogen and oxygen atoms in total. The summed E-state index contributed by atoms with van der Waals surface area (Å²) in [6.07, 6.45) is 12.0. The summed E-state index contributed by atoms with van der Waals surface area (Å²) >= 11 is 0. The van der Waals surface area contributed by atoms with Crippen molar-refractivity contribution in [1.29, 1.82) is 0 Å². The third kappa shape index (κ3) is 32.6. The van der Waals surface area contributed by atoms with E-state index in [1.54, 1.807) is 6.92 Å². The fourth-order valence-electron chi connectivity index (χ4n) is 6.87. The lowest BCUT2D eigenvalue weighted by Crippen LogP contribution is -2.41. The molecule has 0 aromatic carbocycles. The second kappa shape index (κ2) is 35.7. The molecular formula is C45H76N4O14. The Hall–Kier alpha value is -4.74. The van der Waals surface area contributed by atoms with Crippen molar-refractivity contribution in [3.8, 4) is 0 Å². The third-order valence-electron chi connectivity index (χ3n) is 11.1. The van der Waals surface area contributed by atoms with Crippen LogP contribution >= 0.6 is 0 Å². The van der Waals surface area contributed by atoms with Gasteiger partial charge in [0, 0.05) is 57.4 Å². The number of aliphatic carboxylic acids is 4. The molecule has 0 aliphatic rings. The highest BCUT2D eigenvalue weighted by Gasteiger charge is 2.27. The molecule has 5 atom stereocenters. The molecule has 0 radical (unpaired) electrons. The Morgan fingerprint density at radius 2 is 0.937 bits per heavy atom. The van der Waals surface area contributed by atoms with Gasteiger partial charge in [-0.25, -0.2) is 9.59 Å². The van der Waals surface area contributed by atoms with Crippen molar-refractivity contribution in [3.05, 3.63) is 0 Å². The van der Waals surface area contributed by atoms with E-state index in [-0.39, 0.29) is 74.8 Å². The zero-order chi connectivity index (χ0) is 47.6. The van der Waals surface area contributed by atoms with Crippen molar-refractivity contribution in [2.75, 3.05) is 6.54 Å². The Balaban J connectivity index is 4.44. The van der Waals surface area contributed by atoms with Gasteiger partial charge in [0.2, 0.25) is 17.7 Å². The molecule has 0 bridgehead atoms. The molecule has 0 fully saturated rings. The third-order valence-corrected chi connectivity index (χ3v) is 11.1. The molecule has 0 aliphatic heterocycles. The number of unbranched alkanes of at least 4 members (excludes halogenated alkanes) is 12. The minimum Gasteiger partial charge on any atom is -0.481 e. The molecule has 0 saturated carbocycles. The molecule has 360 valence electrons. The van der Waals surface area contributed by atoms with E-state index in [4.69, 9.17) is 10.8 Å². The summed E-state index contributed by atoms with van der Waals surface area (Å²) in [5, 5.41) is 45.0. The van der Waals surface area contributed by atoms with Gasteiger partial charge in [0.05, 0.1) is 12.0 Å². The summed E-state index contributed by atoms with van der Waals surface area (Å²) in [4.78, 5) is 120. The van der Waals surface area contributed by atoms with Crippen LogP contribution in [-0.4, -0.2) is 104 Å². The number of ketones is 3. The van der Waals surface area contributed by atoms with Crippen LogP contribution in [0.5, 0.6) is 0 Å². The van der Waals surface area contributed by atoms with Gasteiger partial charge < -0.3 is 42.1 Å². The number of carbonyl (C=O) groups excluding carboxylic acids is 6. The highest BCUT2D eigenvalue weighted by Crippen LogP contribution is 2.17. The molecule has 0 aromatic rings. The smallest absolute Gasteiger partial charge is 0.326 e. The predicted molar refractivity (Wildman–Crippen MR) is 233 cm³/mol. The van der Waals surface area contributed by atoms with Crippen molar-refractivity contribution >= 4 is 58.9 Å². The average Bonchev–Trinajstić information content (AvgIpc) is 3.21. The first-order chi connectivity index (χ1) is 29.8. The molecule has 0 unspecified atom stereocenters. The summed E-state index contributed by atoms with van der Waals surface area (Å²) in [6, 6.07) is -3.42. The number of carbonyl (C=O) groups is 10. The van der Waals surface area contributed by atoms with E-state index >= 15 is 0 Å². The van der Waals surface area contributed by atoms with E-state index in [1.165, 1.54) is 0 Å². The maximum absolute atomic E-state index is 12.7. The highest BCUT2D eigenvalue weighted by atomic mass is 16.4. The van der Waals surface area contributed by atoms with Crippen LogP contribution in [-0.2, 0) is 47.9 Å². The maximum atomic E-state index is 12.7. The van der Waals surface area contributed by atoms with Crippen LogP contribution in [0.2, 0.25) is 0 Å². The molecule has 0 aromatic heterocycles. The maximum Gasteiger partial charge on any atom is 0.326 e.